The Morgan fingerprint density at radius 1 is 0.944 bits per heavy atom. The molecule has 0 aliphatic heterocycles. The van der Waals surface area contributed by atoms with Gasteiger partial charge in [-0.05, 0) is 77.4 Å². The van der Waals surface area contributed by atoms with Crippen LogP contribution in [0.2, 0.25) is 0 Å². The number of anilines is 2. The van der Waals surface area contributed by atoms with Crippen molar-refractivity contribution in [1.29, 1.82) is 0 Å². The van der Waals surface area contributed by atoms with Crippen LogP contribution in [0.25, 0.3) is 22.0 Å². The summed E-state index contributed by atoms with van der Waals surface area (Å²) < 4.78 is 0. The fraction of sp³-hybridized carbons (Fsp3) is 0.167. The minimum atomic E-state index is 0.106. The number of nitrogens with one attached hydrogen (secondary N) is 1. The molecule has 180 valence electrons. The molecule has 0 aliphatic carbocycles. The number of fused-ring (bicyclic) bond motifs is 1. The first-order valence-corrected chi connectivity index (χ1v) is 13.0. The minimum absolute atomic E-state index is 0.106. The number of carbonyl (C=O) groups is 1. The van der Waals surface area contributed by atoms with Gasteiger partial charge in [-0.25, -0.2) is 9.97 Å². The van der Waals surface area contributed by atoms with E-state index in [2.05, 4.69) is 58.6 Å². The molecule has 3 aromatic carbocycles. The number of amides is 1. The molecule has 0 saturated carbocycles. The van der Waals surface area contributed by atoms with Crippen LogP contribution in [0, 0.1) is 6.92 Å². The number of benzene rings is 3. The fourth-order valence-electron chi connectivity index (χ4n) is 4.32. The molecule has 36 heavy (non-hydrogen) atoms. The van der Waals surface area contributed by atoms with Crippen molar-refractivity contribution in [3.05, 3.63) is 107 Å². The van der Waals surface area contributed by atoms with Gasteiger partial charge in [0.2, 0.25) is 0 Å². The van der Waals surface area contributed by atoms with Crippen molar-refractivity contribution < 1.29 is 4.79 Å². The summed E-state index contributed by atoms with van der Waals surface area (Å²) in [7, 11) is 0. The van der Waals surface area contributed by atoms with E-state index in [1.807, 2.05) is 59.7 Å². The Bertz CT molecular complexity index is 1500. The molecule has 0 radical (unpaired) electrons. The highest BCUT2D eigenvalue weighted by Crippen LogP contribution is 2.29. The number of para-hydroxylation sites is 1. The number of carbonyl (C=O) groups excluding carboxylic acids is 1. The van der Waals surface area contributed by atoms with Crippen LogP contribution in [0.5, 0.6) is 0 Å². The second-order valence-electron chi connectivity index (χ2n) is 8.81. The first-order valence-electron chi connectivity index (χ1n) is 12.1. The van der Waals surface area contributed by atoms with Gasteiger partial charge in [0.05, 0.1) is 10.4 Å². The van der Waals surface area contributed by atoms with Crippen molar-refractivity contribution in [1.82, 2.24) is 14.9 Å². The van der Waals surface area contributed by atoms with Crippen molar-refractivity contribution in [2.75, 3.05) is 11.9 Å². The maximum Gasteiger partial charge on any atom is 0.264 e. The minimum Gasteiger partial charge on any atom is -0.340 e. The molecule has 6 heteroatoms. The molecule has 2 heterocycles. The average Bonchev–Trinajstić information content (AvgIpc) is 3.34. The van der Waals surface area contributed by atoms with Gasteiger partial charge in [-0.1, -0.05) is 49.4 Å². The number of aromatic nitrogens is 2. The van der Waals surface area contributed by atoms with Crippen LogP contribution in [-0.2, 0) is 6.54 Å². The third-order valence-corrected chi connectivity index (χ3v) is 7.15. The average molecular weight is 493 g/mol. The molecule has 0 aliphatic rings. The van der Waals surface area contributed by atoms with Crippen LogP contribution in [0.3, 0.4) is 0 Å². The van der Waals surface area contributed by atoms with Crippen molar-refractivity contribution in [3.8, 4) is 11.1 Å². The maximum absolute atomic E-state index is 13.2. The summed E-state index contributed by atoms with van der Waals surface area (Å²) in [5, 5.41) is 6.36. The number of hydrogen-bond donors (Lipinski definition) is 1. The van der Waals surface area contributed by atoms with Crippen LogP contribution in [-0.4, -0.2) is 27.3 Å². The van der Waals surface area contributed by atoms with E-state index >= 15 is 0 Å². The Kier molecular flexibility index (Phi) is 7.05. The van der Waals surface area contributed by atoms with E-state index in [9.17, 15) is 4.79 Å². The molecule has 0 bridgehead atoms. The zero-order chi connectivity index (χ0) is 24.9. The maximum atomic E-state index is 13.2. The van der Waals surface area contributed by atoms with Crippen LogP contribution in [0.4, 0.5) is 11.5 Å². The van der Waals surface area contributed by atoms with Crippen molar-refractivity contribution in [2.24, 2.45) is 0 Å². The van der Waals surface area contributed by atoms with E-state index in [1.165, 1.54) is 11.3 Å². The smallest absolute Gasteiger partial charge is 0.264 e. The highest BCUT2D eigenvalue weighted by atomic mass is 32.1. The van der Waals surface area contributed by atoms with Gasteiger partial charge < -0.3 is 10.2 Å². The molecule has 2 aromatic heterocycles. The summed E-state index contributed by atoms with van der Waals surface area (Å²) in [6.07, 6.45) is 2.50. The third-order valence-electron chi connectivity index (χ3n) is 6.14. The van der Waals surface area contributed by atoms with Gasteiger partial charge >= 0.3 is 0 Å². The molecule has 5 rings (SSSR count). The lowest BCUT2D eigenvalue weighted by Gasteiger charge is -2.22. The van der Waals surface area contributed by atoms with Crippen LogP contribution >= 0.6 is 11.3 Å². The summed E-state index contributed by atoms with van der Waals surface area (Å²) in [6.45, 7) is 5.41. The van der Waals surface area contributed by atoms with Gasteiger partial charge in [-0.2, -0.15) is 0 Å². The number of aryl methyl sites for hydroxylation is 1. The van der Waals surface area contributed by atoms with Crippen LogP contribution in [0.15, 0.2) is 90.6 Å². The normalized spacial score (nSPS) is 10.9. The van der Waals surface area contributed by atoms with Crippen molar-refractivity contribution in [3.63, 3.8) is 0 Å². The lowest BCUT2D eigenvalue weighted by molar-refractivity contribution is 0.0747. The molecule has 0 spiro atoms. The Hall–Kier alpha value is -4.03. The standard InChI is InChI=1S/C30H28N4OS/c1-3-15-34(30(35)28-21(2)14-16-36-28)19-22-8-7-9-23(17-22)24-12-13-27-26(18-24)29(32-20-31-27)33-25-10-5-4-6-11-25/h4-14,16-18,20H,3,15,19H2,1-2H3,(H,31,32,33). The number of hydrogen-bond acceptors (Lipinski definition) is 5. The van der Waals surface area contributed by atoms with Crippen LogP contribution < -0.4 is 5.32 Å². The predicted molar refractivity (Wildman–Crippen MR) is 149 cm³/mol. The number of nitrogens with zero attached hydrogens (tertiary/aromatic N) is 3. The Morgan fingerprint density at radius 2 is 1.78 bits per heavy atom. The highest BCUT2D eigenvalue weighted by Gasteiger charge is 2.19. The quantitative estimate of drug-likeness (QED) is 0.244. The molecular formula is C30H28N4OS. The molecular weight excluding hydrogens is 464 g/mol. The van der Waals surface area contributed by atoms with Crippen molar-refractivity contribution in [2.45, 2.75) is 26.8 Å². The first kappa shape index (κ1) is 23.7. The van der Waals surface area contributed by atoms with Gasteiger partial charge in [0.15, 0.2) is 0 Å². The van der Waals surface area contributed by atoms with Gasteiger partial charge in [-0.15, -0.1) is 11.3 Å². The topological polar surface area (TPSA) is 58.1 Å². The van der Waals surface area contributed by atoms with Gasteiger partial charge in [0.25, 0.3) is 5.91 Å². The van der Waals surface area contributed by atoms with E-state index < -0.39 is 0 Å². The Labute approximate surface area is 215 Å². The summed E-state index contributed by atoms with van der Waals surface area (Å²) in [6, 6.07) is 26.7. The first-order chi connectivity index (χ1) is 17.6. The summed E-state index contributed by atoms with van der Waals surface area (Å²) in [4.78, 5) is 25.0. The summed E-state index contributed by atoms with van der Waals surface area (Å²) in [5.74, 6) is 0.879. The number of thiophene rings is 1. The zero-order valence-corrected chi connectivity index (χ0v) is 21.3. The highest BCUT2D eigenvalue weighted by molar-refractivity contribution is 7.12. The van der Waals surface area contributed by atoms with Crippen LogP contribution in [0.1, 0.15) is 34.1 Å². The molecule has 5 aromatic rings. The second kappa shape index (κ2) is 10.7. The van der Waals surface area contributed by atoms with Crippen molar-refractivity contribution >= 4 is 39.7 Å². The van der Waals surface area contributed by atoms with Gasteiger partial charge in [-0.3, -0.25) is 4.79 Å². The molecule has 1 N–H and O–H groups in total. The lowest BCUT2D eigenvalue weighted by Crippen LogP contribution is -2.31. The second-order valence-corrected chi connectivity index (χ2v) is 9.72. The van der Waals surface area contributed by atoms with E-state index in [-0.39, 0.29) is 5.91 Å². The predicted octanol–water partition coefficient (Wildman–Crippen LogP) is 7.46. The van der Waals surface area contributed by atoms with Gasteiger partial charge in [0, 0.05) is 24.2 Å². The summed E-state index contributed by atoms with van der Waals surface area (Å²) in [5.41, 5.74) is 6.19. The number of rotatable bonds is 8. The largest absolute Gasteiger partial charge is 0.340 e. The summed E-state index contributed by atoms with van der Waals surface area (Å²) >= 11 is 1.52. The molecule has 0 atom stereocenters. The Balaban J connectivity index is 1.44. The molecule has 0 fully saturated rings. The molecule has 0 saturated heterocycles. The molecule has 0 unspecified atom stereocenters. The van der Waals surface area contributed by atoms with E-state index in [1.54, 1.807) is 6.33 Å². The zero-order valence-electron chi connectivity index (χ0n) is 20.4. The molecule has 1 amide bonds. The van der Waals surface area contributed by atoms with E-state index in [0.717, 1.165) is 62.5 Å². The van der Waals surface area contributed by atoms with Gasteiger partial charge in [0.1, 0.15) is 12.1 Å². The molecule has 5 nitrogen and oxygen atoms in total. The Morgan fingerprint density at radius 3 is 2.56 bits per heavy atom. The fourth-order valence-corrected chi connectivity index (χ4v) is 5.21. The SMILES string of the molecule is CCCN(Cc1cccc(-c2ccc3ncnc(Nc4ccccc4)c3c2)c1)C(=O)c1sccc1C. The van der Waals surface area contributed by atoms with E-state index in [0.29, 0.717) is 6.54 Å². The lowest BCUT2D eigenvalue weighted by atomic mass is 10.0. The van der Waals surface area contributed by atoms with E-state index in [4.69, 9.17) is 0 Å². The monoisotopic (exact) mass is 492 g/mol. The third kappa shape index (κ3) is 5.14.